The standard InChI is InChI=1S/C13H12N2O2/c16-13(17)5-4-10-6-8-15-12(9-10)11-3-1-2-7-14-11/h1-3,6-9H,4-5H2,(H,16,17). The molecule has 4 nitrogen and oxygen atoms in total. The molecule has 0 aliphatic carbocycles. The average molecular weight is 228 g/mol. The van der Waals surface area contributed by atoms with Gasteiger partial charge in [-0.05, 0) is 36.2 Å². The van der Waals surface area contributed by atoms with Crippen LogP contribution in [0.25, 0.3) is 11.4 Å². The highest BCUT2D eigenvalue weighted by molar-refractivity contribution is 5.67. The van der Waals surface area contributed by atoms with E-state index in [9.17, 15) is 4.79 Å². The Labute approximate surface area is 99.0 Å². The summed E-state index contributed by atoms with van der Waals surface area (Å²) in [6, 6.07) is 9.33. The molecule has 0 saturated heterocycles. The number of aliphatic carboxylic acids is 1. The SMILES string of the molecule is O=C(O)CCc1ccnc(-c2ccccn2)c1. The third-order valence-corrected chi connectivity index (χ3v) is 2.38. The maximum atomic E-state index is 10.5. The van der Waals surface area contributed by atoms with E-state index in [4.69, 9.17) is 5.11 Å². The van der Waals surface area contributed by atoms with Gasteiger partial charge in [0.25, 0.3) is 0 Å². The van der Waals surface area contributed by atoms with Crippen molar-refractivity contribution in [3.63, 3.8) is 0 Å². The van der Waals surface area contributed by atoms with Crippen LogP contribution in [0.2, 0.25) is 0 Å². The third-order valence-electron chi connectivity index (χ3n) is 2.38. The van der Waals surface area contributed by atoms with Gasteiger partial charge in [0, 0.05) is 18.8 Å². The lowest BCUT2D eigenvalue weighted by atomic mass is 10.1. The van der Waals surface area contributed by atoms with Gasteiger partial charge in [0.15, 0.2) is 0 Å². The summed E-state index contributed by atoms with van der Waals surface area (Å²) in [7, 11) is 0. The van der Waals surface area contributed by atoms with Crippen LogP contribution in [0.15, 0.2) is 42.7 Å². The molecule has 0 bridgehead atoms. The molecule has 0 aliphatic rings. The Morgan fingerprint density at radius 1 is 1.12 bits per heavy atom. The van der Waals surface area contributed by atoms with Crippen LogP contribution in [0.4, 0.5) is 0 Å². The van der Waals surface area contributed by atoms with Crippen molar-refractivity contribution in [1.29, 1.82) is 0 Å². The lowest BCUT2D eigenvalue weighted by Crippen LogP contribution is -1.98. The van der Waals surface area contributed by atoms with Gasteiger partial charge in [-0.3, -0.25) is 14.8 Å². The van der Waals surface area contributed by atoms with Crippen LogP contribution in [0.5, 0.6) is 0 Å². The molecule has 17 heavy (non-hydrogen) atoms. The van der Waals surface area contributed by atoms with Gasteiger partial charge in [0.05, 0.1) is 11.4 Å². The molecule has 2 rings (SSSR count). The highest BCUT2D eigenvalue weighted by atomic mass is 16.4. The van der Waals surface area contributed by atoms with Gasteiger partial charge in [-0.1, -0.05) is 6.07 Å². The molecule has 0 saturated carbocycles. The maximum Gasteiger partial charge on any atom is 0.303 e. The predicted octanol–water partition coefficient (Wildman–Crippen LogP) is 2.16. The van der Waals surface area contributed by atoms with Crippen LogP contribution < -0.4 is 0 Å². The molecule has 1 N–H and O–H groups in total. The number of hydrogen-bond donors (Lipinski definition) is 1. The summed E-state index contributed by atoms with van der Waals surface area (Å²) >= 11 is 0. The van der Waals surface area contributed by atoms with Crippen molar-refractivity contribution >= 4 is 5.97 Å². The summed E-state index contributed by atoms with van der Waals surface area (Å²) in [4.78, 5) is 18.9. The Kier molecular flexibility index (Phi) is 3.45. The molecular weight excluding hydrogens is 216 g/mol. The predicted molar refractivity (Wildman–Crippen MR) is 63.4 cm³/mol. The average Bonchev–Trinajstić information content (AvgIpc) is 2.38. The third kappa shape index (κ3) is 3.11. The number of aromatic nitrogens is 2. The molecule has 0 amide bonds. The lowest BCUT2D eigenvalue weighted by Gasteiger charge is -2.02. The van der Waals surface area contributed by atoms with Crippen molar-refractivity contribution < 1.29 is 9.90 Å². The van der Waals surface area contributed by atoms with Crippen molar-refractivity contribution in [3.8, 4) is 11.4 Å². The number of rotatable bonds is 4. The Morgan fingerprint density at radius 3 is 2.65 bits per heavy atom. The van der Waals surface area contributed by atoms with E-state index in [0.29, 0.717) is 6.42 Å². The van der Waals surface area contributed by atoms with Gasteiger partial charge in [0.2, 0.25) is 0 Å². The minimum Gasteiger partial charge on any atom is -0.481 e. The van der Waals surface area contributed by atoms with Crippen LogP contribution >= 0.6 is 0 Å². The zero-order valence-electron chi connectivity index (χ0n) is 9.21. The molecule has 86 valence electrons. The van der Waals surface area contributed by atoms with Gasteiger partial charge < -0.3 is 5.11 Å². The number of hydrogen-bond acceptors (Lipinski definition) is 3. The first-order valence-corrected chi connectivity index (χ1v) is 5.34. The van der Waals surface area contributed by atoms with E-state index in [1.54, 1.807) is 12.4 Å². The van der Waals surface area contributed by atoms with E-state index in [1.165, 1.54) is 0 Å². The molecule has 2 heterocycles. The van der Waals surface area contributed by atoms with E-state index >= 15 is 0 Å². The minimum absolute atomic E-state index is 0.131. The monoisotopic (exact) mass is 228 g/mol. The van der Waals surface area contributed by atoms with E-state index in [0.717, 1.165) is 17.0 Å². The molecule has 0 unspecified atom stereocenters. The fourth-order valence-corrected chi connectivity index (χ4v) is 1.54. The summed E-state index contributed by atoms with van der Waals surface area (Å²) in [5.74, 6) is -0.791. The van der Waals surface area contributed by atoms with Gasteiger partial charge in [-0.15, -0.1) is 0 Å². The first-order valence-electron chi connectivity index (χ1n) is 5.34. The molecule has 0 spiro atoms. The van der Waals surface area contributed by atoms with Crippen molar-refractivity contribution in [2.75, 3.05) is 0 Å². The zero-order valence-corrected chi connectivity index (χ0v) is 9.21. The van der Waals surface area contributed by atoms with Gasteiger partial charge >= 0.3 is 5.97 Å². The maximum absolute atomic E-state index is 10.5. The number of pyridine rings is 2. The summed E-state index contributed by atoms with van der Waals surface area (Å²) < 4.78 is 0. The molecule has 4 heteroatoms. The molecule has 0 aliphatic heterocycles. The number of carbonyl (C=O) groups is 1. The van der Waals surface area contributed by atoms with Crippen LogP contribution in [0, 0.1) is 0 Å². The number of aryl methyl sites for hydroxylation is 1. The first kappa shape index (κ1) is 11.3. The van der Waals surface area contributed by atoms with Crippen LogP contribution in [0.3, 0.4) is 0 Å². The fourth-order valence-electron chi connectivity index (χ4n) is 1.54. The van der Waals surface area contributed by atoms with Crippen LogP contribution in [-0.2, 0) is 11.2 Å². The van der Waals surface area contributed by atoms with Gasteiger partial charge in [-0.2, -0.15) is 0 Å². The molecule has 0 fully saturated rings. The van der Waals surface area contributed by atoms with Crippen molar-refractivity contribution in [2.24, 2.45) is 0 Å². The summed E-state index contributed by atoms with van der Waals surface area (Å²) in [6.45, 7) is 0. The molecule has 2 aromatic rings. The summed E-state index contributed by atoms with van der Waals surface area (Å²) in [6.07, 6.45) is 4.03. The summed E-state index contributed by atoms with van der Waals surface area (Å²) in [5.41, 5.74) is 2.53. The second-order valence-corrected chi connectivity index (χ2v) is 3.66. The Balaban J connectivity index is 2.20. The highest BCUT2D eigenvalue weighted by Gasteiger charge is 2.03. The Morgan fingerprint density at radius 2 is 1.94 bits per heavy atom. The number of carboxylic acids is 1. The van der Waals surface area contributed by atoms with Gasteiger partial charge in [0.1, 0.15) is 0 Å². The van der Waals surface area contributed by atoms with E-state index < -0.39 is 5.97 Å². The van der Waals surface area contributed by atoms with Crippen LogP contribution in [-0.4, -0.2) is 21.0 Å². The van der Waals surface area contributed by atoms with Crippen molar-refractivity contribution in [1.82, 2.24) is 9.97 Å². The lowest BCUT2D eigenvalue weighted by molar-refractivity contribution is -0.136. The van der Waals surface area contributed by atoms with Crippen molar-refractivity contribution in [2.45, 2.75) is 12.8 Å². The number of nitrogens with zero attached hydrogens (tertiary/aromatic N) is 2. The number of carboxylic acid groups (broad SMARTS) is 1. The minimum atomic E-state index is -0.791. The Bertz CT molecular complexity index is 512. The van der Waals surface area contributed by atoms with E-state index in [2.05, 4.69) is 9.97 Å². The summed E-state index contributed by atoms with van der Waals surface area (Å²) in [5, 5.41) is 8.63. The highest BCUT2D eigenvalue weighted by Crippen LogP contribution is 2.15. The largest absolute Gasteiger partial charge is 0.481 e. The Hall–Kier alpha value is -2.23. The second-order valence-electron chi connectivity index (χ2n) is 3.66. The van der Waals surface area contributed by atoms with Crippen molar-refractivity contribution in [3.05, 3.63) is 48.3 Å². The molecule has 0 radical (unpaired) electrons. The molecule has 0 aromatic carbocycles. The molecular formula is C13H12N2O2. The first-order chi connectivity index (χ1) is 8.25. The van der Waals surface area contributed by atoms with Crippen LogP contribution in [0.1, 0.15) is 12.0 Å². The molecule has 0 atom stereocenters. The molecule has 2 aromatic heterocycles. The van der Waals surface area contributed by atoms with E-state index in [-0.39, 0.29) is 6.42 Å². The topological polar surface area (TPSA) is 63.1 Å². The normalized spacial score (nSPS) is 10.1. The van der Waals surface area contributed by atoms with E-state index in [1.807, 2.05) is 30.3 Å². The second kappa shape index (κ2) is 5.21. The smallest absolute Gasteiger partial charge is 0.303 e. The van der Waals surface area contributed by atoms with Gasteiger partial charge in [-0.25, -0.2) is 0 Å². The fraction of sp³-hybridized carbons (Fsp3) is 0.154. The zero-order chi connectivity index (χ0) is 12.1. The quantitative estimate of drug-likeness (QED) is 0.871.